The van der Waals surface area contributed by atoms with E-state index in [0.717, 1.165) is 0 Å². The van der Waals surface area contributed by atoms with Crippen molar-refractivity contribution < 1.29 is 14.7 Å². The van der Waals surface area contributed by atoms with Crippen LogP contribution in [0.5, 0.6) is 0 Å². The van der Waals surface area contributed by atoms with Crippen molar-refractivity contribution in [3.8, 4) is 0 Å². The average Bonchev–Trinajstić information content (AvgIpc) is 2.29. The molecule has 0 spiro atoms. The summed E-state index contributed by atoms with van der Waals surface area (Å²) in [4.78, 5) is 21.9. The highest BCUT2D eigenvalue weighted by molar-refractivity contribution is 6.30. The van der Waals surface area contributed by atoms with Crippen LogP contribution >= 0.6 is 11.6 Å². The molecule has 1 aromatic rings. The molecule has 1 atom stereocenters. The topological polar surface area (TPSA) is 78.4 Å². The largest absolute Gasteiger partial charge is 0.481 e. The number of halogens is 1. The van der Waals surface area contributed by atoms with Crippen LogP contribution < -0.4 is 10.6 Å². The van der Waals surface area contributed by atoms with Crippen LogP contribution in [0.1, 0.15) is 6.92 Å². The number of amides is 2. The molecule has 0 aliphatic heterocycles. The van der Waals surface area contributed by atoms with Crippen LogP contribution in [0.3, 0.4) is 0 Å². The fourth-order valence-electron chi connectivity index (χ4n) is 1.04. The number of hydrogen-bond acceptors (Lipinski definition) is 2. The summed E-state index contributed by atoms with van der Waals surface area (Å²) in [7, 11) is 0. The number of carboxylic acids is 1. The zero-order chi connectivity index (χ0) is 12.8. The number of carbonyl (C=O) groups is 2. The number of anilines is 1. The summed E-state index contributed by atoms with van der Waals surface area (Å²) in [6, 6.07) is 6.17. The van der Waals surface area contributed by atoms with E-state index in [0.29, 0.717) is 10.7 Å². The van der Waals surface area contributed by atoms with Gasteiger partial charge in [0.05, 0.1) is 5.92 Å². The van der Waals surface area contributed by atoms with Crippen LogP contribution in [0.4, 0.5) is 10.5 Å². The lowest BCUT2D eigenvalue weighted by atomic mass is 10.2. The van der Waals surface area contributed by atoms with Gasteiger partial charge in [-0.2, -0.15) is 0 Å². The van der Waals surface area contributed by atoms with Gasteiger partial charge in [0.25, 0.3) is 0 Å². The third-order valence-corrected chi connectivity index (χ3v) is 2.34. The molecule has 17 heavy (non-hydrogen) atoms. The molecule has 0 saturated carbocycles. The molecule has 2 amide bonds. The predicted molar refractivity (Wildman–Crippen MR) is 65.3 cm³/mol. The second-order valence-electron chi connectivity index (χ2n) is 3.58. The van der Waals surface area contributed by atoms with Crippen molar-refractivity contribution in [1.82, 2.24) is 5.32 Å². The third kappa shape index (κ3) is 4.74. The summed E-state index contributed by atoms with van der Waals surface area (Å²) in [6.45, 7) is 1.60. The van der Waals surface area contributed by atoms with Crippen molar-refractivity contribution in [2.75, 3.05) is 11.9 Å². The van der Waals surface area contributed by atoms with E-state index >= 15 is 0 Å². The summed E-state index contributed by atoms with van der Waals surface area (Å²) < 4.78 is 0. The van der Waals surface area contributed by atoms with Gasteiger partial charge >= 0.3 is 12.0 Å². The standard InChI is InChI=1S/C11H13ClN2O3/c1-7(10(15)16)6-13-11(17)14-9-4-2-8(12)3-5-9/h2-5,7H,6H2,1H3,(H,15,16)(H2,13,14,17). The van der Waals surface area contributed by atoms with Crippen molar-refractivity contribution in [2.24, 2.45) is 5.92 Å². The minimum absolute atomic E-state index is 0.0781. The van der Waals surface area contributed by atoms with Crippen LogP contribution in [0, 0.1) is 5.92 Å². The quantitative estimate of drug-likeness (QED) is 0.773. The first-order chi connectivity index (χ1) is 7.99. The molecule has 0 saturated heterocycles. The fourth-order valence-corrected chi connectivity index (χ4v) is 1.17. The number of rotatable bonds is 4. The maximum atomic E-state index is 11.4. The Balaban J connectivity index is 2.39. The van der Waals surface area contributed by atoms with E-state index in [-0.39, 0.29) is 6.54 Å². The first-order valence-electron chi connectivity index (χ1n) is 5.02. The van der Waals surface area contributed by atoms with E-state index < -0.39 is 17.9 Å². The predicted octanol–water partition coefficient (Wildman–Crippen LogP) is 2.18. The van der Waals surface area contributed by atoms with E-state index in [2.05, 4.69) is 10.6 Å². The fraction of sp³-hybridized carbons (Fsp3) is 0.273. The Kier molecular flexibility index (Phi) is 4.78. The van der Waals surface area contributed by atoms with Gasteiger partial charge < -0.3 is 15.7 Å². The van der Waals surface area contributed by atoms with Gasteiger partial charge in [-0.15, -0.1) is 0 Å². The highest BCUT2D eigenvalue weighted by Gasteiger charge is 2.11. The van der Waals surface area contributed by atoms with Gasteiger partial charge in [0.2, 0.25) is 0 Å². The molecular weight excluding hydrogens is 244 g/mol. The molecule has 0 aliphatic rings. The van der Waals surface area contributed by atoms with Gasteiger partial charge in [0, 0.05) is 17.3 Å². The Morgan fingerprint density at radius 1 is 1.35 bits per heavy atom. The molecule has 0 aliphatic carbocycles. The van der Waals surface area contributed by atoms with E-state index in [9.17, 15) is 9.59 Å². The first-order valence-corrected chi connectivity index (χ1v) is 5.40. The second kappa shape index (κ2) is 6.10. The van der Waals surface area contributed by atoms with Gasteiger partial charge in [-0.3, -0.25) is 4.79 Å². The van der Waals surface area contributed by atoms with E-state index in [1.807, 2.05) is 0 Å². The van der Waals surface area contributed by atoms with Crippen molar-refractivity contribution in [2.45, 2.75) is 6.92 Å². The number of carbonyl (C=O) groups excluding carboxylic acids is 1. The van der Waals surface area contributed by atoms with Crippen molar-refractivity contribution in [1.29, 1.82) is 0 Å². The zero-order valence-electron chi connectivity index (χ0n) is 9.24. The number of aliphatic carboxylic acids is 1. The molecule has 1 aromatic carbocycles. The SMILES string of the molecule is CC(CNC(=O)Nc1ccc(Cl)cc1)C(=O)O. The minimum atomic E-state index is -0.947. The molecule has 0 radical (unpaired) electrons. The van der Waals surface area contributed by atoms with Gasteiger partial charge in [0.1, 0.15) is 0 Å². The van der Waals surface area contributed by atoms with Gasteiger partial charge in [-0.25, -0.2) is 4.79 Å². The van der Waals surface area contributed by atoms with Crippen LogP contribution in [0.2, 0.25) is 5.02 Å². The summed E-state index contributed by atoms with van der Waals surface area (Å²) in [6.07, 6.45) is 0. The lowest BCUT2D eigenvalue weighted by molar-refractivity contribution is -0.140. The summed E-state index contributed by atoms with van der Waals surface area (Å²) in [5.74, 6) is -1.57. The molecular formula is C11H13ClN2O3. The molecule has 0 bridgehead atoms. The highest BCUT2D eigenvalue weighted by Crippen LogP contribution is 2.12. The maximum absolute atomic E-state index is 11.4. The Labute approximate surface area is 104 Å². The van der Waals surface area contributed by atoms with E-state index in [1.165, 1.54) is 6.92 Å². The highest BCUT2D eigenvalue weighted by atomic mass is 35.5. The van der Waals surface area contributed by atoms with Crippen LogP contribution in [-0.4, -0.2) is 23.7 Å². The second-order valence-corrected chi connectivity index (χ2v) is 4.02. The molecule has 0 aromatic heterocycles. The molecule has 5 nitrogen and oxygen atoms in total. The summed E-state index contributed by atoms with van der Waals surface area (Å²) in [5, 5.41) is 14.2. The van der Waals surface area contributed by atoms with Crippen molar-refractivity contribution in [3.05, 3.63) is 29.3 Å². The van der Waals surface area contributed by atoms with Crippen LogP contribution in [0.25, 0.3) is 0 Å². The molecule has 1 unspecified atom stereocenters. The van der Waals surface area contributed by atoms with E-state index in [1.54, 1.807) is 24.3 Å². The average molecular weight is 257 g/mol. The smallest absolute Gasteiger partial charge is 0.319 e. The third-order valence-electron chi connectivity index (χ3n) is 2.09. The zero-order valence-corrected chi connectivity index (χ0v) is 9.99. The summed E-state index contributed by atoms with van der Waals surface area (Å²) in [5.41, 5.74) is 0.592. The normalized spacial score (nSPS) is 11.6. The molecule has 6 heteroatoms. The number of hydrogen-bond donors (Lipinski definition) is 3. The maximum Gasteiger partial charge on any atom is 0.319 e. The van der Waals surface area contributed by atoms with Crippen molar-refractivity contribution >= 4 is 29.3 Å². The monoisotopic (exact) mass is 256 g/mol. The van der Waals surface area contributed by atoms with Gasteiger partial charge in [-0.1, -0.05) is 18.5 Å². The molecule has 3 N–H and O–H groups in total. The van der Waals surface area contributed by atoms with Crippen LogP contribution in [-0.2, 0) is 4.79 Å². The Morgan fingerprint density at radius 2 is 1.94 bits per heavy atom. The number of nitrogens with one attached hydrogen (secondary N) is 2. The Bertz CT molecular complexity index is 406. The molecule has 0 heterocycles. The minimum Gasteiger partial charge on any atom is -0.481 e. The number of urea groups is 1. The molecule has 92 valence electrons. The van der Waals surface area contributed by atoms with Crippen molar-refractivity contribution in [3.63, 3.8) is 0 Å². The molecule has 0 fully saturated rings. The first kappa shape index (κ1) is 13.3. The summed E-state index contributed by atoms with van der Waals surface area (Å²) >= 11 is 5.69. The number of benzene rings is 1. The van der Waals surface area contributed by atoms with E-state index in [4.69, 9.17) is 16.7 Å². The lowest BCUT2D eigenvalue weighted by Gasteiger charge is -2.09. The Hall–Kier alpha value is -1.75. The lowest BCUT2D eigenvalue weighted by Crippen LogP contribution is -2.34. The Morgan fingerprint density at radius 3 is 2.47 bits per heavy atom. The van der Waals surface area contributed by atoms with Crippen LogP contribution in [0.15, 0.2) is 24.3 Å². The van der Waals surface area contributed by atoms with Gasteiger partial charge in [0.15, 0.2) is 0 Å². The van der Waals surface area contributed by atoms with Gasteiger partial charge in [-0.05, 0) is 24.3 Å². The number of carboxylic acid groups (broad SMARTS) is 1. The molecule has 1 rings (SSSR count).